The minimum absolute atomic E-state index is 0.121. The summed E-state index contributed by atoms with van der Waals surface area (Å²) in [4.78, 5) is 11.2. The first-order valence-electron chi connectivity index (χ1n) is 4.10. The molecule has 1 aromatic carbocycles. The van der Waals surface area contributed by atoms with Gasteiger partial charge in [-0.1, -0.05) is 0 Å². The van der Waals surface area contributed by atoms with Crippen LogP contribution in [-0.2, 0) is 0 Å². The summed E-state index contributed by atoms with van der Waals surface area (Å²) in [6.45, 7) is 0. The largest absolute Gasteiger partial charge is 0.493 e. The zero-order valence-corrected chi connectivity index (χ0v) is 8.40. The summed E-state index contributed by atoms with van der Waals surface area (Å²) in [6.07, 6.45) is 0. The van der Waals surface area contributed by atoms with Crippen LogP contribution in [0.25, 0.3) is 0 Å². The fraction of sp³-hybridized carbons (Fsp3) is 0.222. The van der Waals surface area contributed by atoms with E-state index >= 15 is 0 Å². The molecule has 6 heteroatoms. The number of anilines is 1. The van der Waals surface area contributed by atoms with Gasteiger partial charge in [-0.25, -0.2) is 5.48 Å². The smallest absolute Gasteiger partial charge is 0.276 e. The van der Waals surface area contributed by atoms with Gasteiger partial charge in [-0.15, -0.1) is 0 Å². The molecule has 82 valence electrons. The molecule has 0 bridgehead atoms. The summed E-state index contributed by atoms with van der Waals surface area (Å²) in [7, 11) is 2.90. The number of carbonyl (C=O) groups excluding carboxylic acids is 1. The highest BCUT2D eigenvalue weighted by molar-refractivity contribution is 5.99. The molecule has 0 aliphatic rings. The summed E-state index contributed by atoms with van der Waals surface area (Å²) in [5.74, 6) is 0.0863. The van der Waals surface area contributed by atoms with E-state index in [0.29, 0.717) is 11.5 Å². The number of rotatable bonds is 3. The molecular formula is C9H12N2O4. The highest BCUT2D eigenvalue weighted by Gasteiger charge is 2.14. The molecule has 1 rings (SSSR count). The number of benzene rings is 1. The van der Waals surface area contributed by atoms with Gasteiger partial charge in [-0.2, -0.15) is 0 Å². The molecule has 0 aliphatic heterocycles. The Morgan fingerprint density at radius 2 is 1.87 bits per heavy atom. The van der Waals surface area contributed by atoms with Crippen molar-refractivity contribution in [3.05, 3.63) is 17.7 Å². The molecule has 0 fully saturated rings. The molecule has 0 radical (unpaired) electrons. The SMILES string of the molecule is COc1cc(N)c(C(=O)NO)cc1OC. The second-order valence-electron chi connectivity index (χ2n) is 2.74. The lowest BCUT2D eigenvalue weighted by atomic mass is 10.1. The van der Waals surface area contributed by atoms with Crippen molar-refractivity contribution in [2.24, 2.45) is 0 Å². The molecular weight excluding hydrogens is 200 g/mol. The second kappa shape index (κ2) is 4.52. The maximum atomic E-state index is 11.2. The number of hydrogen-bond acceptors (Lipinski definition) is 5. The van der Waals surface area contributed by atoms with Gasteiger partial charge in [0.25, 0.3) is 5.91 Å². The Morgan fingerprint density at radius 3 is 2.33 bits per heavy atom. The molecule has 15 heavy (non-hydrogen) atoms. The van der Waals surface area contributed by atoms with Crippen molar-refractivity contribution in [2.75, 3.05) is 20.0 Å². The molecule has 4 N–H and O–H groups in total. The fourth-order valence-corrected chi connectivity index (χ4v) is 1.15. The van der Waals surface area contributed by atoms with E-state index in [-0.39, 0.29) is 11.3 Å². The van der Waals surface area contributed by atoms with Crippen LogP contribution in [0.15, 0.2) is 12.1 Å². The number of amides is 1. The summed E-state index contributed by atoms with van der Waals surface area (Å²) in [5, 5.41) is 8.48. The highest BCUT2D eigenvalue weighted by Crippen LogP contribution is 2.31. The third kappa shape index (κ3) is 2.10. The fourth-order valence-electron chi connectivity index (χ4n) is 1.15. The number of hydroxylamine groups is 1. The number of methoxy groups -OCH3 is 2. The van der Waals surface area contributed by atoms with Crippen molar-refractivity contribution < 1.29 is 19.5 Å². The van der Waals surface area contributed by atoms with Gasteiger partial charge < -0.3 is 15.2 Å². The number of ether oxygens (including phenoxy) is 2. The monoisotopic (exact) mass is 212 g/mol. The van der Waals surface area contributed by atoms with E-state index < -0.39 is 5.91 Å². The number of nitrogens with one attached hydrogen (secondary N) is 1. The molecule has 0 unspecified atom stereocenters. The topological polar surface area (TPSA) is 93.8 Å². The number of carbonyl (C=O) groups is 1. The Bertz CT molecular complexity index is 379. The zero-order valence-electron chi connectivity index (χ0n) is 8.40. The maximum absolute atomic E-state index is 11.2. The van der Waals surface area contributed by atoms with Gasteiger partial charge in [0, 0.05) is 11.8 Å². The van der Waals surface area contributed by atoms with Gasteiger partial charge in [0.15, 0.2) is 11.5 Å². The van der Waals surface area contributed by atoms with Gasteiger partial charge in [0.1, 0.15) is 0 Å². The van der Waals surface area contributed by atoms with E-state index in [4.69, 9.17) is 20.4 Å². The van der Waals surface area contributed by atoms with Crippen molar-refractivity contribution in [2.45, 2.75) is 0 Å². The van der Waals surface area contributed by atoms with Gasteiger partial charge >= 0.3 is 0 Å². The van der Waals surface area contributed by atoms with Crippen molar-refractivity contribution in [1.29, 1.82) is 0 Å². The lowest BCUT2D eigenvalue weighted by molar-refractivity contribution is 0.0707. The molecule has 0 aromatic heterocycles. The van der Waals surface area contributed by atoms with Crippen LogP contribution in [0.4, 0.5) is 5.69 Å². The average molecular weight is 212 g/mol. The normalized spacial score (nSPS) is 9.53. The van der Waals surface area contributed by atoms with Crippen molar-refractivity contribution in [3.8, 4) is 11.5 Å². The molecule has 0 aliphatic carbocycles. The molecule has 0 saturated carbocycles. The summed E-state index contributed by atoms with van der Waals surface area (Å²) in [6, 6.07) is 2.84. The van der Waals surface area contributed by atoms with E-state index in [1.54, 1.807) is 0 Å². The Morgan fingerprint density at radius 1 is 1.33 bits per heavy atom. The van der Waals surface area contributed by atoms with Gasteiger partial charge in [0.05, 0.1) is 19.8 Å². The second-order valence-corrected chi connectivity index (χ2v) is 2.74. The van der Waals surface area contributed by atoms with E-state index in [1.165, 1.54) is 31.8 Å². The molecule has 0 heterocycles. The summed E-state index contributed by atoms with van der Waals surface area (Å²) in [5.41, 5.74) is 7.40. The Labute approximate surface area is 86.6 Å². The van der Waals surface area contributed by atoms with Crippen LogP contribution in [0, 0.1) is 0 Å². The molecule has 0 atom stereocenters. The van der Waals surface area contributed by atoms with E-state index in [9.17, 15) is 4.79 Å². The molecule has 0 spiro atoms. The highest BCUT2D eigenvalue weighted by atomic mass is 16.5. The van der Waals surface area contributed by atoms with E-state index in [0.717, 1.165) is 0 Å². The lowest BCUT2D eigenvalue weighted by Crippen LogP contribution is -2.20. The third-order valence-electron chi connectivity index (χ3n) is 1.90. The number of nitrogens with two attached hydrogens (primary N) is 1. The molecule has 1 aromatic rings. The van der Waals surface area contributed by atoms with Crippen LogP contribution in [0.3, 0.4) is 0 Å². The number of hydrogen-bond donors (Lipinski definition) is 3. The zero-order chi connectivity index (χ0) is 11.4. The predicted octanol–water partition coefficient (Wildman–Crippen LogP) is 0.405. The molecule has 0 saturated heterocycles. The first-order chi connectivity index (χ1) is 7.13. The van der Waals surface area contributed by atoms with Crippen LogP contribution in [0.5, 0.6) is 11.5 Å². The molecule has 1 amide bonds. The van der Waals surface area contributed by atoms with Crippen LogP contribution < -0.4 is 20.7 Å². The van der Waals surface area contributed by atoms with E-state index in [1.807, 2.05) is 0 Å². The third-order valence-corrected chi connectivity index (χ3v) is 1.90. The summed E-state index contributed by atoms with van der Waals surface area (Å²) < 4.78 is 9.97. The van der Waals surface area contributed by atoms with Gasteiger partial charge in [0.2, 0.25) is 0 Å². The minimum atomic E-state index is -0.701. The summed E-state index contributed by atoms with van der Waals surface area (Å²) >= 11 is 0. The first-order valence-corrected chi connectivity index (χ1v) is 4.10. The van der Waals surface area contributed by atoms with Gasteiger partial charge in [-0.05, 0) is 6.07 Å². The van der Waals surface area contributed by atoms with Crippen molar-refractivity contribution >= 4 is 11.6 Å². The Balaban J connectivity index is 3.25. The van der Waals surface area contributed by atoms with E-state index in [2.05, 4.69) is 0 Å². The molecule has 6 nitrogen and oxygen atoms in total. The van der Waals surface area contributed by atoms with Gasteiger partial charge in [-0.3, -0.25) is 10.0 Å². The lowest BCUT2D eigenvalue weighted by Gasteiger charge is -2.11. The Kier molecular flexibility index (Phi) is 3.35. The van der Waals surface area contributed by atoms with Crippen molar-refractivity contribution in [1.82, 2.24) is 5.48 Å². The Hall–Kier alpha value is -1.95. The average Bonchev–Trinajstić information content (AvgIpc) is 2.27. The minimum Gasteiger partial charge on any atom is -0.493 e. The van der Waals surface area contributed by atoms with Crippen LogP contribution in [0.2, 0.25) is 0 Å². The van der Waals surface area contributed by atoms with Crippen LogP contribution in [0.1, 0.15) is 10.4 Å². The van der Waals surface area contributed by atoms with Crippen LogP contribution >= 0.6 is 0 Å². The number of nitrogen functional groups attached to an aromatic ring is 1. The van der Waals surface area contributed by atoms with Crippen molar-refractivity contribution in [3.63, 3.8) is 0 Å². The first kappa shape index (κ1) is 11.1. The quantitative estimate of drug-likeness (QED) is 0.383. The standard InChI is InChI=1S/C9H12N2O4/c1-14-7-3-5(9(12)11-13)6(10)4-8(7)15-2/h3-4,13H,10H2,1-2H3,(H,11,12). The predicted molar refractivity (Wildman–Crippen MR) is 53.2 cm³/mol. The maximum Gasteiger partial charge on any atom is 0.276 e. The van der Waals surface area contributed by atoms with Crippen LogP contribution in [-0.4, -0.2) is 25.3 Å².